The molecule has 1 amide bonds. The lowest BCUT2D eigenvalue weighted by molar-refractivity contribution is -0.116. The molecule has 30 heavy (non-hydrogen) atoms. The number of carbonyl (C=O) groups is 1. The van der Waals surface area contributed by atoms with Crippen molar-refractivity contribution in [3.63, 3.8) is 0 Å². The average Bonchev–Trinajstić information content (AvgIpc) is 3.50. The van der Waals surface area contributed by atoms with E-state index in [-0.39, 0.29) is 5.91 Å². The number of hydrogen-bond acceptors (Lipinski definition) is 7. The van der Waals surface area contributed by atoms with E-state index in [0.717, 1.165) is 26.9 Å². The van der Waals surface area contributed by atoms with Gasteiger partial charge in [-0.3, -0.25) is 4.79 Å². The summed E-state index contributed by atoms with van der Waals surface area (Å²) in [5.74, 6) is 1.85. The summed E-state index contributed by atoms with van der Waals surface area (Å²) < 4.78 is 12.4. The number of nitrogens with one attached hydrogen (secondary N) is 1. The van der Waals surface area contributed by atoms with Gasteiger partial charge in [0.05, 0.1) is 24.8 Å². The topological polar surface area (TPSA) is 77.8 Å². The van der Waals surface area contributed by atoms with Crippen molar-refractivity contribution in [3.05, 3.63) is 58.4 Å². The smallest absolute Gasteiger partial charge is 0.244 e. The van der Waals surface area contributed by atoms with E-state index in [1.165, 1.54) is 6.08 Å². The number of hydrogen-bond donors (Lipinski definition) is 1. The number of thiophene rings is 1. The molecule has 0 unspecified atom stereocenters. The van der Waals surface area contributed by atoms with Crippen LogP contribution in [0.2, 0.25) is 0 Å². The van der Waals surface area contributed by atoms with Crippen molar-refractivity contribution in [1.29, 1.82) is 0 Å². The molecule has 0 aliphatic carbocycles. The van der Waals surface area contributed by atoms with E-state index in [2.05, 4.69) is 15.4 Å². The summed E-state index contributed by atoms with van der Waals surface area (Å²) in [4.78, 5) is 18.6. The van der Waals surface area contributed by atoms with Gasteiger partial charge >= 0.3 is 0 Å². The summed E-state index contributed by atoms with van der Waals surface area (Å²) in [6, 6.07) is 9.49. The van der Waals surface area contributed by atoms with Crippen LogP contribution in [-0.2, 0) is 11.2 Å². The van der Waals surface area contributed by atoms with Crippen LogP contribution in [0.5, 0.6) is 11.5 Å². The predicted octanol–water partition coefficient (Wildman–Crippen LogP) is 3.91. The Hall–Kier alpha value is -3.17. The Bertz CT molecular complexity index is 1180. The number of nitrogens with zero attached hydrogens (tertiary/aromatic N) is 3. The predicted molar refractivity (Wildman–Crippen MR) is 119 cm³/mol. The normalized spacial score (nSPS) is 11.3. The summed E-state index contributed by atoms with van der Waals surface area (Å²) in [6.07, 6.45) is 3.92. The van der Waals surface area contributed by atoms with E-state index in [0.29, 0.717) is 24.5 Å². The molecule has 4 aromatic rings. The van der Waals surface area contributed by atoms with E-state index >= 15 is 0 Å². The number of aromatic nitrogens is 3. The molecule has 3 aromatic heterocycles. The Morgan fingerprint density at radius 1 is 1.20 bits per heavy atom. The highest BCUT2D eigenvalue weighted by Crippen LogP contribution is 2.28. The first-order valence-corrected chi connectivity index (χ1v) is 11.0. The largest absolute Gasteiger partial charge is 0.493 e. The summed E-state index contributed by atoms with van der Waals surface area (Å²) in [5.41, 5.74) is 1.88. The van der Waals surface area contributed by atoms with Crippen molar-refractivity contribution in [3.8, 4) is 22.2 Å². The molecule has 0 atom stereocenters. The lowest BCUT2D eigenvalue weighted by Gasteiger charge is -2.07. The number of methoxy groups -OCH3 is 2. The zero-order valence-electron chi connectivity index (χ0n) is 16.5. The van der Waals surface area contributed by atoms with Crippen LogP contribution in [0.3, 0.4) is 0 Å². The molecule has 0 bridgehead atoms. The van der Waals surface area contributed by atoms with Gasteiger partial charge in [0.2, 0.25) is 10.9 Å². The van der Waals surface area contributed by atoms with Gasteiger partial charge in [-0.15, -0.1) is 27.8 Å². The van der Waals surface area contributed by atoms with Gasteiger partial charge in [-0.05, 0) is 35.2 Å². The highest BCUT2D eigenvalue weighted by molar-refractivity contribution is 7.15. The van der Waals surface area contributed by atoms with Crippen LogP contribution in [0.1, 0.15) is 11.3 Å². The summed E-state index contributed by atoms with van der Waals surface area (Å²) in [7, 11) is 3.17. The number of amides is 1. The molecule has 4 rings (SSSR count). The zero-order valence-corrected chi connectivity index (χ0v) is 18.1. The van der Waals surface area contributed by atoms with Gasteiger partial charge in [0, 0.05) is 24.4 Å². The standard InChI is InChI=1S/C21H20N4O3S2/c1-27-16-7-5-14(12-17(16)28-2)6-8-19(26)22-10-9-15-13-30-21-23-20(24-25(15)21)18-4-3-11-29-18/h3-8,11-13H,9-10H2,1-2H3,(H,22,26). The van der Waals surface area contributed by atoms with Gasteiger partial charge < -0.3 is 14.8 Å². The number of carbonyl (C=O) groups excluding carboxylic acids is 1. The number of benzene rings is 1. The minimum absolute atomic E-state index is 0.158. The molecule has 0 aliphatic rings. The Morgan fingerprint density at radius 2 is 2.07 bits per heavy atom. The average molecular weight is 441 g/mol. The monoisotopic (exact) mass is 440 g/mol. The Labute approximate surface area is 181 Å². The van der Waals surface area contributed by atoms with Crippen molar-refractivity contribution in [2.75, 3.05) is 20.8 Å². The SMILES string of the molecule is COc1ccc(C=CC(=O)NCCc2csc3nc(-c4cccs4)nn23)cc1OC. The number of fused-ring (bicyclic) bond motifs is 1. The molecular weight excluding hydrogens is 420 g/mol. The van der Waals surface area contributed by atoms with Crippen LogP contribution in [0, 0.1) is 0 Å². The fourth-order valence-corrected chi connectivity index (χ4v) is 4.42. The van der Waals surface area contributed by atoms with Gasteiger partial charge in [-0.1, -0.05) is 12.1 Å². The number of rotatable bonds is 8. The molecule has 0 aliphatic heterocycles. The minimum Gasteiger partial charge on any atom is -0.493 e. The number of thiazole rings is 1. The van der Waals surface area contributed by atoms with E-state index in [1.807, 2.05) is 39.5 Å². The van der Waals surface area contributed by atoms with Crippen molar-refractivity contribution in [2.45, 2.75) is 6.42 Å². The van der Waals surface area contributed by atoms with Crippen molar-refractivity contribution >= 4 is 39.6 Å². The summed E-state index contributed by atoms with van der Waals surface area (Å²) >= 11 is 3.17. The Kier molecular flexibility index (Phi) is 6.10. The molecule has 1 N–H and O–H groups in total. The van der Waals surface area contributed by atoms with Gasteiger partial charge in [-0.25, -0.2) is 4.52 Å². The van der Waals surface area contributed by atoms with Gasteiger partial charge in [0.1, 0.15) is 0 Å². The third-order valence-electron chi connectivity index (χ3n) is 4.41. The van der Waals surface area contributed by atoms with Crippen LogP contribution in [0.4, 0.5) is 0 Å². The number of ether oxygens (including phenoxy) is 2. The first-order valence-electron chi connectivity index (χ1n) is 9.23. The van der Waals surface area contributed by atoms with Gasteiger partial charge in [0.25, 0.3) is 0 Å². The lowest BCUT2D eigenvalue weighted by Crippen LogP contribution is -2.23. The summed E-state index contributed by atoms with van der Waals surface area (Å²) in [6.45, 7) is 0.509. The van der Waals surface area contributed by atoms with Crippen LogP contribution >= 0.6 is 22.7 Å². The van der Waals surface area contributed by atoms with Crippen LogP contribution < -0.4 is 14.8 Å². The maximum atomic E-state index is 12.2. The molecule has 9 heteroatoms. The third-order valence-corrected chi connectivity index (χ3v) is 6.14. The van der Waals surface area contributed by atoms with Crippen LogP contribution in [0.15, 0.2) is 47.2 Å². The van der Waals surface area contributed by atoms with E-state index in [1.54, 1.807) is 49.0 Å². The van der Waals surface area contributed by atoms with E-state index in [4.69, 9.17) is 9.47 Å². The molecular formula is C21H20N4O3S2. The Morgan fingerprint density at radius 3 is 2.83 bits per heavy atom. The van der Waals surface area contributed by atoms with E-state index in [9.17, 15) is 4.79 Å². The van der Waals surface area contributed by atoms with Crippen LogP contribution in [-0.4, -0.2) is 41.3 Å². The van der Waals surface area contributed by atoms with Crippen LogP contribution in [0.25, 0.3) is 21.7 Å². The fourth-order valence-electron chi connectivity index (χ4n) is 2.91. The van der Waals surface area contributed by atoms with Crippen molar-refractivity contribution in [2.24, 2.45) is 0 Å². The first-order chi connectivity index (χ1) is 14.7. The van der Waals surface area contributed by atoms with Crippen molar-refractivity contribution < 1.29 is 14.3 Å². The molecule has 3 heterocycles. The fraction of sp³-hybridized carbons (Fsp3) is 0.190. The maximum absolute atomic E-state index is 12.2. The highest BCUT2D eigenvalue weighted by Gasteiger charge is 2.12. The molecule has 0 fully saturated rings. The zero-order chi connectivity index (χ0) is 20.9. The van der Waals surface area contributed by atoms with E-state index < -0.39 is 0 Å². The molecule has 0 saturated heterocycles. The molecule has 0 saturated carbocycles. The maximum Gasteiger partial charge on any atom is 0.244 e. The second-order valence-electron chi connectivity index (χ2n) is 6.32. The van der Waals surface area contributed by atoms with Crippen molar-refractivity contribution in [1.82, 2.24) is 19.9 Å². The molecule has 7 nitrogen and oxygen atoms in total. The lowest BCUT2D eigenvalue weighted by atomic mass is 10.2. The quantitative estimate of drug-likeness (QED) is 0.421. The first kappa shape index (κ1) is 20.1. The Balaban J connectivity index is 1.34. The molecule has 0 radical (unpaired) electrons. The highest BCUT2D eigenvalue weighted by atomic mass is 32.1. The molecule has 0 spiro atoms. The third kappa shape index (κ3) is 4.37. The second kappa shape index (κ2) is 9.10. The van der Waals surface area contributed by atoms with Gasteiger partial charge in [0.15, 0.2) is 17.3 Å². The summed E-state index contributed by atoms with van der Waals surface area (Å²) in [5, 5.41) is 11.5. The minimum atomic E-state index is -0.158. The molecule has 154 valence electrons. The second-order valence-corrected chi connectivity index (χ2v) is 8.11. The van der Waals surface area contributed by atoms with Gasteiger partial charge in [-0.2, -0.15) is 4.98 Å². The molecule has 1 aromatic carbocycles.